The van der Waals surface area contributed by atoms with Crippen LogP contribution in [0.2, 0.25) is 0 Å². The molecule has 1 rings (SSSR count). The Hall–Kier alpha value is -1.10. The summed E-state index contributed by atoms with van der Waals surface area (Å²) < 4.78 is 9.37. The molecule has 1 heterocycles. The highest BCUT2D eigenvalue weighted by atomic mass is 16.5. The molecule has 0 amide bonds. The molecule has 1 saturated heterocycles. The van der Waals surface area contributed by atoms with Gasteiger partial charge in [0.15, 0.2) is 0 Å². The van der Waals surface area contributed by atoms with Crippen LogP contribution in [-0.4, -0.2) is 49.7 Å². The number of likely N-dealkylation sites (tertiary alicyclic amines) is 1. The quantitative estimate of drug-likeness (QED) is 0.589. The van der Waals surface area contributed by atoms with Crippen LogP contribution >= 0.6 is 0 Å². The second-order valence-electron chi connectivity index (χ2n) is 3.10. The van der Waals surface area contributed by atoms with E-state index < -0.39 is 0 Å². The van der Waals surface area contributed by atoms with Crippen molar-refractivity contribution in [3.05, 3.63) is 0 Å². The van der Waals surface area contributed by atoms with E-state index in [1.165, 1.54) is 7.11 Å². The highest BCUT2D eigenvalue weighted by molar-refractivity contribution is 5.78. The minimum absolute atomic E-state index is 0.174. The maximum Gasteiger partial charge on any atom is 0.323 e. The first-order chi connectivity index (χ1) is 6.69. The first-order valence-corrected chi connectivity index (χ1v) is 4.66. The van der Waals surface area contributed by atoms with E-state index in [0.29, 0.717) is 6.61 Å². The topological polar surface area (TPSA) is 55.8 Å². The molecule has 1 aliphatic heterocycles. The van der Waals surface area contributed by atoms with Crippen molar-refractivity contribution in [3.63, 3.8) is 0 Å². The molecule has 80 valence electrons. The lowest BCUT2D eigenvalue weighted by atomic mass is 10.0. The maximum absolute atomic E-state index is 11.1. The van der Waals surface area contributed by atoms with E-state index >= 15 is 0 Å². The second-order valence-corrected chi connectivity index (χ2v) is 3.10. The number of esters is 2. The molecule has 0 aromatic heterocycles. The fraction of sp³-hybridized carbons (Fsp3) is 0.778. The van der Waals surface area contributed by atoms with E-state index in [1.807, 2.05) is 0 Å². The summed E-state index contributed by atoms with van der Waals surface area (Å²) in [5.41, 5.74) is 0. The van der Waals surface area contributed by atoms with Crippen LogP contribution in [0.1, 0.15) is 13.3 Å². The number of methoxy groups -OCH3 is 1. The van der Waals surface area contributed by atoms with Crippen LogP contribution in [0, 0.1) is 0 Å². The summed E-state index contributed by atoms with van der Waals surface area (Å²) in [4.78, 5) is 24.0. The Morgan fingerprint density at radius 1 is 1.50 bits per heavy atom. The lowest BCUT2D eigenvalue weighted by Crippen LogP contribution is -2.54. The van der Waals surface area contributed by atoms with Gasteiger partial charge in [-0.1, -0.05) is 0 Å². The first-order valence-electron chi connectivity index (χ1n) is 4.66. The third-order valence-corrected chi connectivity index (χ3v) is 2.24. The van der Waals surface area contributed by atoms with Crippen LogP contribution < -0.4 is 0 Å². The van der Waals surface area contributed by atoms with Gasteiger partial charge < -0.3 is 9.47 Å². The van der Waals surface area contributed by atoms with Gasteiger partial charge in [-0.25, -0.2) is 0 Å². The predicted octanol–water partition coefficient (Wildman–Crippen LogP) is -0.203. The fourth-order valence-electron chi connectivity index (χ4n) is 1.41. The molecule has 0 spiro atoms. The number of carbonyl (C=O) groups is 2. The van der Waals surface area contributed by atoms with Crippen molar-refractivity contribution in [2.45, 2.75) is 19.4 Å². The Kier molecular flexibility index (Phi) is 3.88. The Morgan fingerprint density at radius 3 is 2.64 bits per heavy atom. The molecule has 0 aliphatic carbocycles. The van der Waals surface area contributed by atoms with Gasteiger partial charge in [-0.3, -0.25) is 14.5 Å². The van der Waals surface area contributed by atoms with E-state index in [0.717, 1.165) is 13.0 Å². The van der Waals surface area contributed by atoms with Crippen molar-refractivity contribution in [2.24, 2.45) is 0 Å². The zero-order valence-corrected chi connectivity index (χ0v) is 8.49. The van der Waals surface area contributed by atoms with Gasteiger partial charge in [-0.2, -0.15) is 0 Å². The number of nitrogens with zero attached hydrogens (tertiary/aromatic N) is 1. The van der Waals surface area contributed by atoms with Crippen molar-refractivity contribution >= 4 is 11.9 Å². The average Bonchev–Trinajstić information content (AvgIpc) is 2.13. The summed E-state index contributed by atoms with van der Waals surface area (Å²) in [7, 11) is 1.35. The SMILES string of the molecule is CCOC(=O)CN1CCC1C(=O)OC. The van der Waals surface area contributed by atoms with Crippen LogP contribution in [0.4, 0.5) is 0 Å². The van der Waals surface area contributed by atoms with E-state index in [4.69, 9.17) is 4.74 Å². The molecule has 1 aliphatic rings. The minimum atomic E-state index is -0.291. The number of hydrogen-bond donors (Lipinski definition) is 0. The molecule has 5 nitrogen and oxygen atoms in total. The Morgan fingerprint density at radius 2 is 2.21 bits per heavy atom. The predicted molar refractivity (Wildman–Crippen MR) is 48.6 cm³/mol. The zero-order chi connectivity index (χ0) is 10.6. The maximum atomic E-state index is 11.1. The number of hydrogen-bond acceptors (Lipinski definition) is 5. The van der Waals surface area contributed by atoms with E-state index in [9.17, 15) is 9.59 Å². The molecule has 0 N–H and O–H groups in total. The van der Waals surface area contributed by atoms with Gasteiger partial charge in [-0.05, 0) is 13.3 Å². The molecule has 0 bridgehead atoms. The van der Waals surface area contributed by atoms with Crippen molar-refractivity contribution in [1.82, 2.24) is 4.90 Å². The Balaban J connectivity index is 2.32. The van der Waals surface area contributed by atoms with Crippen LogP contribution in [0.15, 0.2) is 0 Å². The van der Waals surface area contributed by atoms with E-state index in [-0.39, 0.29) is 24.5 Å². The molecule has 1 unspecified atom stereocenters. The monoisotopic (exact) mass is 201 g/mol. The zero-order valence-electron chi connectivity index (χ0n) is 8.49. The van der Waals surface area contributed by atoms with Gasteiger partial charge in [0.2, 0.25) is 0 Å². The first kappa shape index (κ1) is 11.0. The summed E-state index contributed by atoms with van der Waals surface area (Å²) in [6.07, 6.45) is 0.756. The third-order valence-electron chi connectivity index (χ3n) is 2.24. The summed E-state index contributed by atoms with van der Waals surface area (Å²) in [6.45, 7) is 3.05. The Bertz CT molecular complexity index is 229. The second kappa shape index (κ2) is 4.95. The van der Waals surface area contributed by atoms with E-state index in [1.54, 1.807) is 11.8 Å². The van der Waals surface area contributed by atoms with Crippen LogP contribution in [-0.2, 0) is 19.1 Å². The number of carbonyl (C=O) groups excluding carboxylic acids is 2. The molecule has 14 heavy (non-hydrogen) atoms. The molecule has 1 atom stereocenters. The molecular formula is C9H15NO4. The lowest BCUT2D eigenvalue weighted by molar-refractivity contribution is -0.156. The van der Waals surface area contributed by atoms with Gasteiger partial charge in [0.25, 0.3) is 0 Å². The standard InChI is InChI=1S/C9H15NO4/c1-3-14-8(11)6-10-5-4-7(10)9(12)13-2/h7H,3-6H2,1-2H3. The molecule has 1 fully saturated rings. The fourth-order valence-corrected chi connectivity index (χ4v) is 1.41. The van der Waals surface area contributed by atoms with Gasteiger partial charge in [0, 0.05) is 6.54 Å². The third kappa shape index (κ3) is 2.45. The van der Waals surface area contributed by atoms with Crippen molar-refractivity contribution < 1.29 is 19.1 Å². The number of rotatable bonds is 4. The highest BCUT2D eigenvalue weighted by Gasteiger charge is 2.36. The smallest absolute Gasteiger partial charge is 0.323 e. The number of ether oxygens (including phenoxy) is 2. The summed E-state index contributed by atoms with van der Waals surface area (Å²) in [6, 6.07) is -0.260. The Labute approximate surface area is 83.0 Å². The minimum Gasteiger partial charge on any atom is -0.468 e. The summed E-state index contributed by atoms with van der Waals surface area (Å²) in [5, 5.41) is 0. The van der Waals surface area contributed by atoms with Crippen molar-refractivity contribution in [1.29, 1.82) is 0 Å². The normalized spacial score (nSPS) is 21.1. The average molecular weight is 201 g/mol. The van der Waals surface area contributed by atoms with Crippen LogP contribution in [0.5, 0.6) is 0 Å². The van der Waals surface area contributed by atoms with Crippen LogP contribution in [0.25, 0.3) is 0 Å². The summed E-state index contributed by atoms with van der Waals surface area (Å²) in [5.74, 6) is -0.568. The van der Waals surface area contributed by atoms with E-state index in [2.05, 4.69) is 4.74 Å². The van der Waals surface area contributed by atoms with Gasteiger partial charge in [0.1, 0.15) is 6.04 Å². The van der Waals surface area contributed by atoms with Crippen molar-refractivity contribution in [3.8, 4) is 0 Å². The summed E-state index contributed by atoms with van der Waals surface area (Å²) >= 11 is 0. The van der Waals surface area contributed by atoms with Crippen molar-refractivity contribution in [2.75, 3.05) is 26.8 Å². The molecular weight excluding hydrogens is 186 g/mol. The molecule has 0 aromatic carbocycles. The molecule has 0 radical (unpaired) electrons. The molecule has 0 aromatic rings. The van der Waals surface area contributed by atoms with Gasteiger partial charge in [0.05, 0.1) is 20.3 Å². The van der Waals surface area contributed by atoms with Gasteiger partial charge in [-0.15, -0.1) is 0 Å². The van der Waals surface area contributed by atoms with Gasteiger partial charge >= 0.3 is 11.9 Å². The molecule has 0 saturated carbocycles. The largest absolute Gasteiger partial charge is 0.468 e. The highest BCUT2D eigenvalue weighted by Crippen LogP contribution is 2.17. The van der Waals surface area contributed by atoms with Crippen LogP contribution in [0.3, 0.4) is 0 Å². The molecule has 5 heteroatoms. The lowest BCUT2D eigenvalue weighted by Gasteiger charge is -2.37.